The summed E-state index contributed by atoms with van der Waals surface area (Å²) in [6.07, 6.45) is 1.20. The van der Waals surface area contributed by atoms with Crippen LogP contribution in [0.15, 0.2) is 33.5 Å². The van der Waals surface area contributed by atoms with E-state index in [-0.39, 0.29) is 17.4 Å². The van der Waals surface area contributed by atoms with Crippen molar-refractivity contribution in [3.8, 4) is 11.6 Å². The van der Waals surface area contributed by atoms with Gasteiger partial charge in [0.2, 0.25) is 5.82 Å². The van der Waals surface area contributed by atoms with E-state index < -0.39 is 4.92 Å². The van der Waals surface area contributed by atoms with Crippen LogP contribution in [-0.4, -0.2) is 21.9 Å². The van der Waals surface area contributed by atoms with Crippen molar-refractivity contribution >= 4 is 43.4 Å². The number of hydrogen-bond acceptors (Lipinski definition) is 6. The third-order valence-corrected chi connectivity index (χ3v) is 3.42. The van der Waals surface area contributed by atoms with Crippen LogP contribution in [-0.2, 0) is 0 Å². The quantitative estimate of drug-likeness (QED) is 0.617. The maximum Gasteiger partial charge on any atom is 0.373 e. The predicted octanol–water partition coefficient (Wildman–Crippen LogP) is 3.74. The summed E-state index contributed by atoms with van der Waals surface area (Å²) in [5.41, 5.74) is -0.315. The molecule has 0 bridgehead atoms. The van der Waals surface area contributed by atoms with E-state index in [1.165, 1.54) is 13.4 Å². The van der Waals surface area contributed by atoms with Crippen LogP contribution in [0.4, 0.5) is 11.5 Å². The molecule has 0 aliphatic carbocycles. The van der Waals surface area contributed by atoms with Crippen molar-refractivity contribution in [2.24, 2.45) is 0 Å². The molecule has 0 fully saturated rings. The summed E-state index contributed by atoms with van der Waals surface area (Å²) in [5, 5.41) is 13.8. The SMILES string of the molecule is CNc1ncnc(Oc2ccc(Br)cc2Br)c1[N+](=O)[O-]. The van der Waals surface area contributed by atoms with Gasteiger partial charge in [0, 0.05) is 11.5 Å². The molecule has 0 radical (unpaired) electrons. The van der Waals surface area contributed by atoms with Gasteiger partial charge in [-0.2, -0.15) is 4.98 Å². The number of nitrogens with zero attached hydrogens (tertiary/aromatic N) is 3. The van der Waals surface area contributed by atoms with E-state index in [9.17, 15) is 10.1 Å². The Labute approximate surface area is 130 Å². The molecule has 0 aliphatic heterocycles. The average Bonchev–Trinajstić information content (AvgIpc) is 2.41. The number of aromatic nitrogens is 2. The number of halogens is 2. The van der Waals surface area contributed by atoms with Crippen molar-refractivity contribution in [3.05, 3.63) is 43.6 Å². The summed E-state index contributed by atoms with van der Waals surface area (Å²) >= 11 is 6.63. The van der Waals surface area contributed by atoms with Crippen LogP contribution in [0.1, 0.15) is 0 Å². The molecule has 1 heterocycles. The lowest BCUT2D eigenvalue weighted by Gasteiger charge is -2.08. The van der Waals surface area contributed by atoms with Gasteiger partial charge >= 0.3 is 11.6 Å². The van der Waals surface area contributed by atoms with E-state index in [1.807, 2.05) is 0 Å². The number of nitrogens with one attached hydrogen (secondary N) is 1. The predicted molar refractivity (Wildman–Crippen MR) is 80.1 cm³/mol. The molecule has 7 nitrogen and oxygen atoms in total. The molecule has 0 aliphatic rings. The number of hydrogen-bond donors (Lipinski definition) is 1. The lowest BCUT2D eigenvalue weighted by atomic mass is 10.3. The first-order valence-corrected chi connectivity index (χ1v) is 6.91. The van der Waals surface area contributed by atoms with E-state index in [0.29, 0.717) is 10.2 Å². The molecule has 1 aromatic carbocycles. The first kappa shape index (κ1) is 14.7. The smallest absolute Gasteiger partial charge is 0.373 e. The van der Waals surface area contributed by atoms with Gasteiger partial charge in [0.05, 0.1) is 9.40 Å². The minimum absolute atomic E-state index is 0.0910. The highest BCUT2D eigenvalue weighted by Crippen LogP contribution is 2.37. The third-order valence-electron chi connectivity index (χ3n) is 2.31. The van der Waals surface area contributed by atoms with E-state index in [2.05, 4.69) is 47.1 Å². The number of rotatable bonds is 4. The van der Waals surface area contributed by atoms with Gasteiger partial charge in [0.1, 0.15) is 12.1 Å². The summed E-state index contributed by atoms with van der Waals surface area (Å²) in [5.74, 6) is 0.377. The van der Waals surface area contributed by atoms with Crippen LogP contribution in [0, 0.1) is 10.1 Å². The highest BCUT2D eigenvalue weighted by Gasteiger charge is 2.24. The Morgan fingerprint density at radius 3 is 2.70 bits per heavy atom. The molecule has 0 amide bonds. The van der Waals surface area contributed by atoms with E-state index in [0.717, 1.165) is 4.47 Å². The van der Waals surface area contributed by atoms with E-state index >= 15 is 0 Å². The Morgan fingerprint density at radius 2 is 2.10 bits per heavy atom. The topological polar surface area (TPSA) is 90.2 Å². The lowest BCUT2D eigenvalue weighted by molar-refractivity contribution is -0.385. The maximum absolute atomic E-state index is 11.1. The van der Waals surface area contributed by atoms with Crippen molar-refractivity contribution in [3.63, 3.8) is 0 Å². The zero-order chi connectivity index (χ0) is 14.7. The van der Waals surface area contributed by atoms with Crippen LogP contribution >= 0.6 is 31.9 Å². The Morgan fingerprint density at radius 1 is 1.35 bits per heavy atom. The van der Waals surface area contributed by atoms with Crippen molar-refractivity contribution in [2.75, 3.05) is 12.4 Å². The van der Waals surface area contributed by atoms with Crippen molar-refractivity contribution < 1.29 is 9.66 Å². The molecule has 9 heteroatoms. The van der Waals surface area contributed by atoms with Crippen LogP contribution < -0.4 is 10.1 Å². The summed E-state index contributed by atoms with van der Waals surface area (Å²) in [6.45, 7) is 0. The van der Waals surface area contributed by atoms with Crippen molar-refractivity contribution in [1.82, 2.24) is 9.97 Å². The van der Waals surface area contributed by atoms with Gasteiger partial charge in [-0.05, 0) is 34.1 Å². The summed E-state index contributed by atoms with van der Waals surface area (Å²) < 4.78 is 6.99. The molecular weight excluding hydrogens is 396 g/mol. The number of ether oxygens (including phenoxy) is 1. The van der Waals surface area contributed by atoms with Crippen LogP contribution in [0.5, 0.6) is 11.6 Å². The second kappa shape index (κ2) is 6.14. The molecule has 0 saturated carbocycles. The molecule has 1 N–H and O–H groups in total. The van der Waals surface area contributed by atoms with Gasteiger partial charge in [-0.1, -0.05) is 15.9 Å². The molecule has 0 atom stereocenters. The van der Waals surface area contributed by atoms with Crippen LogP contribution in [0.3, 0.4) is 0 Å². The second-order valence-electron chi connectivity index (χ2n) is 3.56. The first-order valence-electron chi connectivity index (χ1n) is 5.33. The molecule has 2 rings (SSSR count). The maximum atomic E-state index is 11.1. The minimum atomic E-state index is -0.589. The number of benzene rings is 1. The Balaban J connectivity index is 2.45. The summed E-state index contributed by atoms with van der Waals surface area (Å²) in [7, 11) is 1.54. The molecule has 0 saturated heterocycles. The van der Waals surface area contributed by atoms with Gasteiger partial charge < -0.3 is 10.1 Å². The Bertz CT molecular complexity index is 666. The van der Waals surface area contributed by atoms with Gasteiger partial charge in [0.15, 0.2) is 0 Å². The van der Waals surface area contributed by atoms with Crippen LogP contribution in [0.25, 0.3) is 0 Å². The molecule has 0 spiro atoms. The second-order valence-corrected chi connectivity index (χ2v) is 5.33. The van der Waals surface area contributed by atoms with Crippen molar-refractivity contribution in [1.29, 1.82) is 0 Å². The normalized spacial score (nSPS) is 10.2. The highest BCUT2D eigenvalue weighted by atomic mass is 79.9. The molecule has 0 unspecified atom stereocenters. The third kappa shape index (κ3) is 3.05. The minimum Gasteiger partial charge on any atom is -0.432 e. The molecule has 104 valence electrons. The molecule has 20 heavy (non-hydrogen) atoms. The van der Waals surface area contributed by atoms with Crippen molar-refractivity contribution in [2.45, 2.75) is 0 Å². The average molecular weight is 404 g/mol. The molecular formula is C11H8Br2N4O3. The Hall–Kier alpha value is -1.74. The van der Waals surface area contributed by atoms with Gasteiger partial charge in [-0.3, -0.25) is 10.1 Å². The monoisotopic (exact) mass is 402 g/mol. The zero-order valence-electron chi connectivity index (χ0n) is 10.1. The zero-order valence-corrected chi connectivity index (χ0v) is 13.3. The standard InChI is InChI=1S/C11H8Br2N4O3/c1-14-10-9(17(18)19)11(16-5-15-10)20-8-3-2-6(12)4-7(8)13/h2-5H,1H3,(H,14,15,16). The fraction of sp³-hybridized carbons (Fsp3) is 0.0909. The summed E-state index contributed by atoms with van der Waals surface area (Å²) in [6, 6.07) is 5.19. The van der Waals surface area contributed by atoms with E-state index in [1.54, 1.807) is 18.2 Å². The van der Waals surface area contributed by atoms with Crippen LogP contribution in [0.2, 0.25) is 0 Å². The van der Waals surface area contributed by atoms with Gasteiger partial charge in [0.25, 0.3) is 0 Å². The lowest BCUT2D eigenvalue weighted by Crippen LogP contribution is -2.03. The largest absolute Gasteiger partial charge is 0.432 e. The number of nitro groups is 1. The number of anilines is 1. The van der Waals surface area contributed by atoms with Gasteiger partial charge in [-0.15, -0.1) is 0 Å². The van der Waals surface area contributed by atoms with E-state index in [4.69, 9.17) is 4.74 Å². The molecule has 1 aromatic heterocycles. The Kier molecular flexibility index (Phi) is 4.50. The first-order chi connectivity index (χ1) is 9.52. The fourth-order valence-corrected chi connectivity index (χ4v) is 2.57. The highest BCUT2D eigenvalue weighted by molar-refractivity contribution is 9.11. The molecule has 2 aromatic rings. The summed E-state index contributed by atoms with van der Waals surface area (Å²) in [4.78, 5) is 18.1. The van der Waals surface area contributed by atoms with Gasteiger partial charge in [-0.25, -0.2) is 4.98 Å². The fourth-order valence-electron chi connectivity index (χ4n) is 1.45.